The van der Waals surface area contributed by atoms with Gasteiger partial charge >= 0.3 is 6.03 Å². The lowest BCUT2D eigenvalue weighted by molar-refractivity contribution is -0.156. The van der Waals surface area contributed by atoms with Crippen molar-refractivity contribution in [2.75, 3.05) is 63.9 Å². The molecule has 77 heavy (non-hydrogen) atoms. The molecule has 6 heterocycles. The van der Waals surface area contributed by atoms with Crippen LogP contribution in [0.5, 0.6) is 11.6 Å². The first-order chi connectivity index (χ1) is 36.8. The Hall–Kier alpha value is -6.39. The van der Waals surface area contributed by atoms with Gasteiger partial charge in [-0.25, -0.2) is 27.3 Å². The fraction of sp³-hybridized carbons (Fsp3) is 0.491. The lowest BCUT2D eigenvalue weighted by atomic mass is 9.76. The first-order valence-corrected chi connectivity index (χ1v) is 26.6. The van der Waals surface area contributed by atoms with Crippen molar-refractivity contribution in [3.05, 3.63) is 99.2 Å². The lowest BCUT2D eigenvalue weighted by Crippen LogP contribution is -2.55. The molecule has 1 saturated carbocycles. The van der Waals surface area contributed by atoms with Crippen molar-refractivity contribution >= 4 is 52.1 Å². The number of urea groups is 1. The molecule has 17 nitrogen and oxygen atoms in total. The lowest BCUT2D eigenvalue weighted by Gasteiger charge is -2.43. The van der Waals surface area contributed by atoms with E-state index in [1.54, 1.807) is 11.9 Å². The third kappa shape index (κ3) is 9.86. The van der Waals surface area contributed by atoms with Gasteiger partial charge in [0.15, 0.2) is 23.1 Å². The van der Waals surface area contributed by atoms with Crippen molar-refractivity contribution in [1.29, 1.82) is 0 Å². The highest BCUT2D eigenvalue weighted by atomic mass is 35.5. The van der Waals surface area contributed by atoms with Crippen molar-refractivity contribution in [2.45, 2.75) is 94.3 Å². The molecule has 3 aromatic carbocycles. The molecule has 5 amide bonds. The molecular formula is C55H62ClF4N9O8. The Balaban J connectivity index is 0.758. The molecule has 5 aliphatic rings. The van der Waals surface area contributed by atoms with Gasteiger partial charge in [-0.1, -0.05) is 55.8 Å². The maximum absolute atomic E-state index is 16.4. The van der Waals surface area contributed by atoms with Crippen LogP contribution in [0.4, 0.5) is 28.2 Å². The minimum absolute atomic E-state index is 0.00857. The van der Waals surface area contributed by atoms with Gasteiger partial charge in [0.1, 0.15) is 35.1 Å². The number of aliphatic hydroxyl groups excluding tert-OH is 1. The van der Waals surface area contributed by atoms with Gasteiger partial charge in [-0.05, 0) is 80.9 Å². The number of rotatable bonds is 14. The van der Waals surface area contributed by atoms with Crippen LogP contribution in [0.3, 0.4) is 0 Å². The van der Waals surface area contributed by atoms with Crippen molar-refractivity contribution in [1.82, 2.24) is 35.2 Å². The van der Waals surface area contributed by atoms with E-state index in [1.807, 2.05) is 44.2 Å². The number of aryl methyl sites for hydroxylation is 1. The molecule has 1 aliphatic carbocycles. The standard InChI is InChI=1S/C55H62ClF4N9O8/c1-29-26-67(17-13-34(29)42-37(57)23-35-48(46(42)59)66(3)65-50(35)69-20-14-40(71)64-53(69)74)27-31-11-18-68(19-12-31)52(73)54(75)15-9-33(10-16-54)63-28-55(32-7-5-4-6-8-32)30(2)41-39(77-55)24-38(58)45(56)44(41)43-36(49(61)72)25-62-51(47(43)60)76-22-21-70/h4-8,23-25,29-31,33-34,63,70,75H,9-22,26-28H2,1-3H3,(H2,61,72)(H,64,71,74)/t29-,30-,33?,34+,54?,55-/m0/s1. The third-order valence-electron chi connectivity index (χ3n) is 16.7. The zero-order valence-corrected chi connectivity index (χ0v) is 43.8. The van der Waals surface area contributed by atoms with Gasteiger partial charge in [-0.3, -0.25) is 29.3 Å². The Labute approximate surface area is 447 Å². The fourth-order valence-electron chi connectivity index (χ4n) is 12.6. The van der Waals surface area contributed by atoms with Gasteiger partial charge in [-0.2, -0.15) is 5.10 Å². The number of ether oxygens (including phenoxy) is 2. The summed E-state index contributed by atoms with van der Waals surface area (Å²) in [6.45, 7) is 6.29. The molecule has 5 aromatic rings. The second-order valence-corrected chi connectivity index (χ2v) is 21.8. The number of fused-ring (bicyclic) bond motifs is 2. The second-order valence-electron chi connectivity index (χ2n) is 21.4. The average molecular weight is 1090 g/mol. The van der Waals surface area contributed by atoms with Crippen LogP contribution < -0.4 is 30.7 Å². The minimum atomic E-state index is -1.56. The molecule has 22 heteroatoms. The van der Waals surface area contributed by atoms with Crippen LogP contribution >= 0.6 is 11.6 Å². The number of nitrogens with two attached hydrogens (primary N) is 1. The summed E-state index contributed by atoms with van der Waals surface area (Å²) in [6, 6.07) is 10.8. The van der Waals surface area contributed by atoms with Crippen molar-refractivity contribution in [2.24, 2.45) is 24.6 Å². The highest BCUT2D eigenvalue weighted by molar-refractivity contribution is 6.34. The highest BCUT2D eigenvalue weighted by Crippen LogP contribution is 2.56. The zero-order valence-electron chi connectivity index (χ0n) is 43.0. The number of nitrogens with zero attached hydrogens (tertiary/aromatic N) is 6. The van der Waals surface area contributed by atoms with Crippen LogP contribution in [0.25, 0.3) is 22.0 Å². The Morgan fingerprint density at radius 1 is 0.961 bits per heavy atom. The predicted octanol–water partition coefficient (Wildman–Crippen LogP) is 6.78. The molecule has 4 fully saturated rings. The van der Waals surface area contributed by atoms with Crippen LogP contribution in [0, 0.1) is 35.1 Å². The highest BCUT2D eigenvalue weighted by Gasteiger charge is 2.51. The number of imide groups is 1. The summed E-state index contributed by atoms with van der Waals surface area (Å²) < 4.78 is 78.2. The number of carbonyl (C=O) groups excluding carboxylic acids is 4. The summed E-state index contributed by atoms with van der Waals surface area (Å²) in [6.07, 6.45) is 4.40. The normalized spacial score (nSPS) is 25.2. The Morgan fingerprint density at radius 3 is 2.36 bits per heavy atom. The van der Waals surface area contributed by atoms with Gasteiger partial charge in [0, 0.05) is 99.2 Å². The number of pyridine rings is 1. The maximum atomic E-state index is 16.4. The summed E-state index contributed by atoms with van der Waals surface area (Å²) in [5.74, 6) is -6.45. The molecule has 2 aromatic heterocycles. The summed E-state index contributed by atoms with van der Waals surface area (Å²) in [4.78, 5) is 60.4. The molecular weight excluding hydrogens is 1030 g/mol. The van der Waals surface area contributed by atoms with E-state index in [1.165, 1.54) is 15.6 Å². The van der Waals surface area contributed by atoms with Gasteiger partial charge in [0.05, 0.1) is 22.6 Å². The molecule has 0 spiro atoms. The van der Waals surface area contributed by atoms with Crippen LogP contribution in [-0.2, 0) is 22.2 Å². The molecule has 0 radical (unpaired) electrons. The SMILES string of the molecule is C[C@H]1CN(CC2CCN(C(=O)C3(O)CCC(NC[C@]4(c5ccccc5)Oc5cc(F)c(Cl)c(-c6c(C(N)=O)cnc(OCCO)c6F)c5[C@@H]4C)CC3)CC2)CC[C@H]1c1c(F)cc2c(N3CCC(=O)NC3=O)nn(C)c2c1F. The number of aliphatic hydroxyl groups is 2. The molecule has 3 saturated heterocycles. The van der Waals surface area contributed by atoms with E-state index < -0.39 is 87.2 Å². The summed E-state index contributed by atoms with van der Waals surface area (Å²) in [7, 11) is 1.55. The Morgan fingerprint density at radius 2 is 1.69 bits per heavy atom. The number of benzene rings is 3. The molecule has 410 valence electrons. The first kappa shape index (κ1) is 54.0. The second kappa shape index (κ2) is 21.4. The van der Waals surface area contributed by atoms with Crippen molar-refractivity contribution in [3.8, 4) is 22.8 Å². The van der Waals surface area contributed by atoms with Gasteiger partial charge < -0.3 is 40.5 Å². The number of primary amides is 1. The molecule has 6 N–H and O–H groups in total. The summed E-state index contributed by atoms with van der Waals surface area (Å²) >= 11 is 6.69. The fourth-order valence-corrected chi connectivity index (χ4v) is 12.9. The third-order valence-corrected chi connectivity index (χ3v) is 17.1. The van der Waals surface area contributed by atoms with E-state index in [4.69, 9.17) is 26.8 Å². The number of hydrogen-bond acceptors (Lipinski definition) is 12. The summed E-state index contributed by atoms with van der Waals surface area (Å²) in [5, 5.41) is 31.2. The Bertz CT molecular complexity index is 3130. The van der Waals surface area contributed by atoms with E-state index in [0.717, 1.165) is 31.6 Å². The molecule has 4 aliphatic heterocycles. The number of aromatic nitrogens is 3. The quantitative estimate of drug-likeness (QED) is 0.0728. The van der Waals surface area contributed by atoms with Crippen LogP contribution in [0.1, 0.15) is 104 Å². The van der Waals surface area contributed by atoms with Crippen molar-refractivity contribution < 1.29 is 56.4 Å². The van der Waals surface area contributed by atoms with E-state index in [9.17, 15) is 29.4 Å². The zero-order chi connectivity index (χ0) is 54.7. The first-order valence-electron chi connectivity index (χ1n) is 26.3. The number of halogens is 5. The number of carbonyl (C=O) groups is 4. The number of hydrogen-bond donors (Lipinski definition) is 5. The van der Waals surface area contributed by atoms with Gasteiger partial charge in [-0.15, -0.1) is 0 Å². The molecule has 4 atom stereocenters. The number of piperidine rings is 2. The van der Waals surface area contributed by atoms with E-state index >= 15 is 17.6 Å². The van der Waals surface area contributed by atoms with Crippen LogP contribution in [-0.4, -0.2) is 129 Å². The van der Waals surface area contributed by atoms with E-state index in [2.05, 4.69) is 25.6 Å². The minimum Gasteiger partial charge on any atom is -0.480 e. The maximum Gasteiger partial charge on any atom is 0.329 e. The molecule has 0 bridgehead atoms. The number of nitrogens with one attached hydrogen (secondary N) is 2. The van der Waals surface area contributed by atoms with Crippen LogP contribution in [0.15, 0.2) is 48.7 Å². The Kier molecular flexibility index (Phi) is 15.0. The number of amides is 5. The smallest absolute Gasteiger partial charge is 0.329 e. The monoisotopic (exact) mass is 1090 g/mol. The largest absolute Gasteiger partial charge is 0.480 e. The van der Waals surface area contributed by atoms with Crippen LogP contribution in [0.2, 0.25) is 5.02 Å². The molecule has 0 unspecified atom stereocenters. The average Bonchev–Trinajstić information content (AvgIpc) is 3.88. The summed E-state index contributed by atoms with van der Waals surface area (Å²) in [5.41, 5.74) is 3.14. The number of anilines is 1. The van der Waals surface area contributed by atoms with Gasteiger partial charge in [0.25, 0.3) is 17.7 Å². The van der Waals surface area contributed by atoms with Crippen molar-refractivity contribution in [3.63, 3.8) is 0 Å². The van der Waals surface area contributed by atoms with E-state index in [0.29, 0.717) is 56.6 Å². The molecule has 10 rings (SSSR count). The van der Waals surface area contributed by atoms with Gasteiger partial charge in [0.2, 0.25) is 5.91 Å². The number of likely N-dealkylation sites (tertiary alicyclic amines) is 2. The topological polar surface area (TPSA) is 218 Å². The predicted molar refractivity (Wildman–Crippen MR) is 276 cm³/mol. The van der Waals surface area contributed by atoms with E-state index in [-0.39, 0.29) is 102 Å².